The lowest BCUT2D eigenvalue weighted by Gasteiger charge is -2.26. The van der Waals surface area contributed by atoms with Crippen molar-refractivity contribution in [2.24, 2.45) is 0 Å². The summed E-state index contributed by atoms with van der Waals surface area (Å²) in [6.07, 6.45) is 3.43. The number of hydrogen-bond donors (Lipinski definition) is 1. The highest BCUT2D eigenvalue weighted by molar-refractivity contribution is 6.31. The summed E-state index contributed by atoms with van der Waals surface area (Å²) < 4.78 is 5.36. The van der Waals surface area contributed by atoms with E-state index in [9.17, 15) is 4.79 Å². The molecule has 0 aliphatic carbocycles. The number of benzene rings is 1. The molecule has 144 valence electrons. The Morgan fingerprint density at radius 3 is 2.71 bits per heavy atom. The summed E-state index contributed by atoms with van der Waals surface area (Å²) in [6.45, 7) is 4.67. The van der Waals surface area contributed by atoms with E-state index in [0.29, 0.717) is 17.1 Å². The van der Waals surface area contributed by atoms with Gasteiger partial charge in [0, 0.05) is 54.5 Å². The van der Waals surface area contributed by atoms with E-state index in [4.69, 9.17) is 21.3 Å². The Hall–Kier alpha value is -2.54. The Morgan fingerprint density at radius 2 is 1.93 bits per heavy atom. The smallest absolute Gasteiger partial charge is 0.252 e. The Morgan fingerprint density at radius 1 is 1.14 bits per heavy atom. The van der Waals surface area contributed by atoms with Gasteiger partial charge in [-0.3, -0.25) is 14.7 Å². The Kier molecular flexibility index (Phi) is 5.81. The number of fused-ring (bicyclic) bond motifs is 1. The van der Waals surface area contributed by atoms with Gasteiger partial charge in [-0.25, -0.2) is 4.98 Å². The number of rotatable bonds is 5. The number of nitrogens with one attached hydrogen (secondary N) is 1. The molecule has 6 nitrogen and oxygen atoms in total. The molecule has 2 aromatic heterocycles. The minimum Gasteiger partial charge on any atom is -0.379 e. The number of pyridine rings is 2. The second-order valence-electron chi connectivity index (χ2n) is 6.66. The van der Waals surface area contributed by atoms with E-state index in [1.165, 1.54) is 0 Å². The van der Waals surface area contributed by atoms with Crippen LogP contribution in [0.4, 0.5) is 0 Å². The fourth-order valence-electron chi connectivity index (χ4n) is 3.30. The van der Waals surface area contributed by atoms with Crippen LogP contribution in [0.1, 0.15) is 10.4 Å². The van der Waals surface area contributed by atoms with Crippen LogP contribution in [-0.2, 0) is 4.74 Å². The third-order valence-corrected chi connectivity index (χ3v) is 5.04. The molecule has 1 saturated heterocycles. The van der Waals surface area contributed by atoms with Gasteiger partial charge in [-0.05, 0) is 36.4 Å². The summed E-state index contributed by atoms with van der Waals surface area (Å²) in [5, 5.41) is 4.35. The number of amides is 1. The standard InChI is InChI=1S/C21H21ClN4O2/c22-16-1-2-19-17(13-16)18(14-20(25-19)15-3-5-23-6-4-15)21(27)24-7-8-26-9-11-28-12-10-26/h1-6,13-14H,7-12H2,(H,24,27). The fraction of sp³-hybridized carbons (Fsp3) is 0.286. The Balaban J connectivity index is 1.60. The second kappa shape index (κ2) is 8.65. The Bertz CT molecular complexity index is 975. The molecule has 1 aliphatic heterocycles. The fourth-order valence-corrected chi connectivity index (χ4v) is 3.48. The van der Waals surface area contributed by atoms with E-state index in [2.05, 4.69) is 15.2 Å². The molecule has 0 saturated carbocycles. The lowest BCUT2D eigenvalue weighted by atomic mass is 10.0. The van der Waals surface area contributed by atoms with Crippen molar-refractivity contribution >= 4 is 28.4 Å². The first-order valence-corrected chi connectivity index (χ1v) is 9.67. The monoisotopic (exact) mass is 396 g/mol. The van der Waals surface area contributed by atoms with E-state index in [-0.39, 0.29) is 5.91 Å². The van der Waals surface area contributed by atoms with E-state index in [0.717, 1.165) is 55.0 Å². The van der Waals surface area contributed by atoms with Gasteiger partial charge in [-0.1, -0.05) is 11.6 Å². The van der Waals surface area contributed by atoms with Crippen molar-refractivity contribution in [3.63, 3.8) is 0 Å². The highest BCUT2D eigenvalue weighted by atomic mass is 35.5. The van der Waals surface area contributed by atoms with Gasteiger partial charge in [0.1, 0.15) is 0 Å². The minimum atomic E-state index is -0.127. The number of carbonyl (C=O) groups excluding carboxylic acids is 1. The molecular weight excluding hydrogens is 376 g/mol. The normalized spacial score (nSPS) is 14.9. The number of nitrogens with zero attached hydrogens (tertiary/aromatic N) is 3. The molecule has 7 heteroatoms. The number of aromatic nitrogens is 2. The zero-order valence-electron chi connectivity index (χ0n) is 15.4. The van der Waals surface area contributed by atoms with Crippen LogP contribution in [-0.4, -0.2) is 60.2 Å². The van der Waals surface area contributed by atoms with Crippen molar-refractivity contribution in [3.05, 3.63) is 59.4 Å². The number of halogens is 1. The number of hydrogen-bond acceptors (Lipinski definition) is 5. The molecule has 1 amide bonds. The molecule has 3 heterocycles. The SMILES string of the molecule is O=C(NCCN1CCOCC1)c1cc(-c2ccncc2)nc2ccc(Cl)cc12. The summed E-state index contributed by atoms with van der Waals surface area (Å²) in [4.78, 5) is 24.0. The number of morpholine rings is 1. The molecule has 0 radical (unpaired) electrons. The molecule has 1 aromatic carbocycles. The number of ether oxygens (including phenoxy) is 1. The predicted octanol–water partition coefficient (Wildman–Crippen LogP) is 3.01. The van der Waals surface area contributed by atoms with E-state index in [1.54, 1.807) is 24.5 Å². The molecular formula is C21H21ClN4O2. The molecule has 0 unspecified atom stereocenters. The molecule has 4 rings (SSSR count). The van der Waals surface area contributed by atoms with Crippen LogP contribution < -0.4 is 5.32 Å². The molecule has 0 bridgehead atoms. The van der Waals surface area contributed by atoms with Crippen molar-refractivity contribution in [2.75, 3.05) is 39.4 Å². The maximum absolute atomic E-state index is 13.0. The van der Waals surface area contributed by atoms with E-state index < -0.39 is 0 Å². The lowest BCUT2D eigenvalue weighted by molar-refractivity contribution is 0.0383. The number of carbonyl (C=O) groups is 1. The summed E-state index contributed by atoms with van der Waals surface area (Å²) in [7, 11) is 0. The van der Waals surface area contributed by atoms with Gasteiger partial charge >= 0.3 is 0 Å². The van der Waals surface area contributed by atoms with Crippen LogP contribution in [0, 0.1) is 0 Å². The summed E-state index contributed by atoms with van der Waals surface area (Å²) >= 11 is 6.17. The highest BCUT2D eigenvalue weighted by Gasteiger charge is 2.15. The summed E-state index contributed by atoms with van der Waals surface area (Å²) in [5.41, 5.74) is 2.95. The van der Waals surface area contributed by atoms with Crippen molar-refractivity contribution in [2.45, 2.75) is 0 Å². The van der Waals surface area contributed by atoms with Crippen LogP contribution in [0.25, 0.3) is 22.2 Å². The lowest BCUT2D eigenvalue weighted by Crippen LogP contribution is -2.41. The molecule has 3 aromatic rings. The van der Waals surface area contributed by atoms with Gasteiger partial charge in [0.05, 0.1) is 30.0 Å². The first kappa shape index (κ1) is 18.8. The molecule has 1 N–H and O–H groups in total. The van der Waals surface area contributed by atoms with Crippen LogP contribution >= 0.6 is 11.6 Å². The van der Waals surface area contributed by atoms with Gasteiger partial charge in [0.15, 0.2) is 0 Å². The third-order valence-electron chi connectivity index (χ3n) is 4.81. The van der Waals surface area contributed by atoms with E-state index in [1.807, 2.05) is 24.3 Å². The zero-order chi connectivity index (χ0) is 19.3. The third kappa shape index (κ3) is 4.30. The van der Waals surface area contributed by atoms with Gasteiger partial charge in [0.2, 0.25) is 0 Å². The summed E-state index contributed by atoms with van der Waals surface area (Å²) in [5.74, 6) is -0.127. The van der Waals surface area contributed by atoms with Gasteiger partial charge in [-0.15, -0.1) is 0 Å². The van der Waals surface area contributed by atoms with Crippen LogP contribution in [0.2, 0.25) is 5.02 Å². The largest absolute Gasteiger partial charge is 0.379 e. The zero-order valence-corrected chi connectivity index (χ0v) is 16.2. The quantitative estimate of drug-likeness (QED) is 0.718. The predicted molar refractivity (Wildman–Crippen MR) is 110 cm³/mol. The average Bonchev–Trinajstić information content (AvgIpc) is 2.74. The highest BCUT2D eigenvalue weighted by Crippen LogP contribution is 2.26. The second-order valence-corrected chi connectivity index (χ2v) is 7.10. The first-order valence-electron chi connectivity index (χ1n) is 9.30. The molecule has 0 atom stereocenters. The van der Waals surface area contributed by atoms with Crippen LogP contribution in [0.3, 0.4) is 0 Å². The maximum atomic E-state index is 13.0. The van der Waals surface area contributed by atoms with Crippen molar-refractivity contribution in [1.82, 2.24) is 20.2 Å². The van der Waals surface area contributed by atoms with Gasteiger partial charge in [-0.2, -0.15) is 0 Å². The minimum absolute atomic E-state index is 0.127. The maximum Gasteiger partial charge on any atom is 0.252 e. The Labute approximate surface area is 168 Å². The first-order chi connectivity index (χ1) is 13.7. The molecule has 28 heavy (non-hydrogen) atoms. The summed E-state index contributed by atoms with van der Waals surface area (Å²) in [6, 6.07) is 11.0. The van der Waals surface area contributed by atoms with Crippen LogP contribution in [0.15, 0.2) is 48.8 Å². The van der Waals surface area contributed by atoms with Crippen molar-refractivity contribution in [3.8, 4) is 11.3 Å². The molecule has 1 aliphatic rings. The van der Waals surface area contributed by atoms with Gasteiger partial charge < -0.3 is 10.1 Å². The van der Waals surface area contributed by atoms with Crippen molar-refractivity contribution in [1.29, 1.82) is 0 Å². The van der Waals surface area contributed by atoms with Gasteiger partial charge in [0.25, 0.3) is 5.91 Å². The average molecular weight is 397 g/mol. The van der Waals surface area contributed by atoms with Crippen molar-refractivity contribution < 1.29 is 9.53 Å². The molecule has 0 spiro atoms. The van der Waals surface area contributed by atoms with Crippen LogP contribution in [0.5, 0.6) is 0 Å². The topological polar surface area (TPSA) is 67.4 Å². The molecule has 1 fully saturated rings. The van der Waals surface area contributed by atoms with E-state index >= 15 is 0 Å².